The molecule has 1 amide bonds. The quantitative estimate of drug-likeness (QED) is 0.611. The van der Waals surface area contributed by atoms with E-state index in [4.69, 9.17) is 16.3 Å². The second-order valence-electron chi connectivity index (χ2n) is 6.26. The van der Waals surface area contributed by atoms with Gasteiger partial charge in [0.1, 0.15) is 5.15 Å². The molecule has 138 valence electrons. The van der Waals surface area contributed by atoms with E-state index in [1.807, 2.05) is 38.1 Å². The molecule has 1 N–H and O–H groups in total. The van der Waals surface area contributed by atoms with E-state index >= 15 is 0 Å². The Morgan fingerprint density at radius 1 is 1.19 bits per heavy atom. The lowest BCUT2D eigenvalue weighted by atomic mass is 10.0. The Hall–Kier alpha value is -2.40. The molecule has 1 atom stereocenters. The molecule has 5 nitrogen and oxygen atoms in total. The third kappa shape index (κ3) is 5.05. The fourth-order valence-corrected chi connectivity index (χ4v) is 3.06. The van der Waals surface area contributed by atoms with Crippen molar-refractivity contribution in [2.45, 2.75) is 40.2 Å². The van der Waals surface area contributed by atoms with E-state index in [1.165, 1.54) is 0 Å². The summed E-state index contributed by atoms with van der Waals surface area (Å²) in [7, 11) is 0. The zero-order valence-corrected chi connectivity index (χ0v) is 16.2. The number of esters is 1. The zero-order valence-electron chi connectivity index (χ0n) is 15.4. The number of rotatable bonds is 6. The van der Waals surface area contributed by atoms with Crippen LogP contribution in [0.5, 0.6) is 0 Å². The number of amides is 1. The zero-order chi connectivity index (χ0) is 19.3. The second kappa shape index (κ2) is 8.81. The van der Waals surface area contributed by atoms with E-state index in [2.05, 4.69) is 10.3 Å². The van der Waals surface area contributed by atoms with Crippen LogP contribution >= 0.6 is 11.6 Å². The topological polar surface area (TPSA) is 68.3 Å². The molecule has 0 fully saturated rings. The molecule has 0 radical (unpaired) electrons. The number of ether oxygens (including phenoxy) is 1. The molecule has 26 heavy (non-hydrogen) atoms. The van der Waals surface area contributed by atoms with Crippen LogP contribution in [-0.2, 0) is 9.53 Å². The smallest absolute Gasteiger partial charge is 0.342 e. The van der Waals surface area contributed by atoms with Crippen LogP contribution in [-0.4, -0.2) is 23.5 Å². The number of hydrogen-bond donors (Lipinski definition) is 1. The SMILES string of the molecule is CC[C@H](NC(=O)COC(=O)c1c(C)cc(C)nc1Cl)c1ccc(C)cc1. The predicted molar refractivity (Wildman–Crippen MR) is 101 cm³/mol. The van der Waals surface area contributed by atoms with E-state index < -0.39 is 5.97 Å². The van der Waals surface area contributed by atoms with Gasteiger partial charge < -0.3 is 10.1 Å². The number of carbonyl (C=O) groups is 2. The number of aryl methyl sites for hydroxylation is 3. The van der Waals surface area contributed by atoms with Gasteiger partial charge in [-0.1, -0.05) is 48.4 Å². The van der Waals surface area contributed by atoms with E-state index in [1.54, 1.807) is 19.9 Å². The van der Waals surface area contributed by atoms with Crippen molar-refractivity contribution in [1.82, 2.24) is 10.3 Å². The van der Waals surface area contributed by atoms with Crippen LogP contribution in [0.1, 0.15) is 52.1 Å². The number of hydrogen-bond acceptors (Lipinski definition) is 4. The molecule has 0 spiro atoms. The third-order valence-corrected chi connectivity index (χ3v) is 4.34. The monoisotopic (exact) mass is 374 g/mol. The van der Waals surface area contributed by atoms with Crippen molar-refractivity contribution in [3.05, 3.63) is 63.4 Å². The summed E-state index contributed by atoms with van der Waals surface area (Å²) >= 11 is 6.03. The van der Waals surface area contributed by atoms with Gasteiger partial charge >= 0.3 is 5.97 Å². The Kier molecular flexibility index (Phi) is 6.75. The lowest BCUT2D eigenvalue weighted by Gasteiger charge is -2.18. The lowest BCUT2D eigenvalue weighted by molar-refractivity contribution is -0.125. The Labute approximate surface area is 158 Å². The summed E-state index contributed by atoms with van der Waals surface area (Å²) in [6.07, 6.45) is 0.732. The standard InChI is InChI=1S/C20H23ClN2O3/c1-5-16(15-8-6-12(2)7-9-15)23-17(24)11-26-20(25)18-13(3)10-14(4)22-19(18)21/h6-10,16H,5,11H2,1-4H3,(H,23,24)/t16-/m0/s1. The molecule has 0 bridgehead atoms. The average molecular weight is 375 g/mol. The first-order valence-electron chi connectivity index (χ1n) is 8.48. The van der Waals surface area contributed by atoms with Gasteiger partial charge in [0, 0.05) is 5.69 Å². The van der Waals surface area contributed by atoms with E-state index in [0.29, 0.717) is 11.3 Å². The molecule has 1 heterocycles. The maximum absolute atomic E-state index is 12.2. The number of pyridine rings is 1. The minimum atomic E-state index is -0.654. The van der Waals surface area contributed by atoms with Crippen molar-refractivity contribution in [2.75, 3.05) is 6.61 Å². The molecule has 1 aromatic heterocycles. The highest BCUT2D eigenvalue weighted by Gasteiger charge is 2.19. The first kappa shape index (κ1) is 19.9. The van der Waals surface area contributed by atoms with Crippen LogP contribution in [0.4, 0.5) is 0 Å². The second-order valence-corrected chi connectivity index (χ2v) is 6.62. The molecule has 1 aromatic carbocycles. The number of halogens is 1. The van der Waals surface area contributed by atoms with E-state index in [9.17, 15) is 9.59 Å². The molecule has 0 aliphatic rings. The van der Waals surface area contributed by atoms with Gasteiger partial charge in [0.15, 0.2) is 6.61 Å². The maximum atomic E-state index is 12.2. The van der Waals surface area contributed by atoms with Gasteiger partial charge in [-0.2, -0.15) is 0 Å². The summed E-state index contributed by atoms with van der Waals surface area (Å²) in [6, 6.07) is 9.58. The molecule has 0 unspecified atom stereocenters. The highest BCUT2D eigenvalue weighted by molar-refractivity contribution is 6.32. The Morgan fingerprint density at radius 2 is 1.85 bits per heavy atom. The van der Waals surface area contributed by atoms with Crippen LogP contribution in [0.3, 0.4) is 0 Å². The number of benzene rings is 1. The molecular formula is C20H23ClN2O3. The minimum Gasteiger partial charge on any atom is -0.452 e. The normalized spacial score (nSPS) is 11.7. The van der Waals surface area contributed by atoms with Crippen molar-refractivity contribution in [1.29, 1.82) is 0 Å². The van der Waals surface area contributed by atoms with Gasteiger partial charge in [0.25, 0.3) is 5.91 Å². The van der Waals surface area contributed by atoms with Gasteiger partial charge in [-0.15, -0.1) is 0 Å². The molecule has 0 aliphatic heterocycles. The summed E-state index contributed by atoms with van der Waals surface area (Å²) in [4.78, 5) is 28.5. The number of carbonyl (C=O) groups excluding carboxylic acids is 2. The van der Waals surface area contributed by atoms with Gasteiger partial charge in [-0.05, 0) is 44.4 Å². The van der Waals surface area contributed by atoms with Gasteiger partial charge in [0.05, 0.1) is 11.6 Å². The summed E-state index contributed by atoms with van der Waals surface area (Å²) in [5.41, 5.74) is 3.74. The molecule has 0 saturated heterocycles. The number of nitrogens with zero attached hydrogens (tertiary/aromatic N) is 1. The van der Waals surface area contributed by atoms with Crippen molar-refractivity contribution >= 4 is 23.5 Å². The average Bonchev–Trinajstić information content (AvgIpc) is 2.58. The van der Waals surface area contributed by atoms with Crippen LogP contribution in [0, 0.1) is 20.8 Å². The van der Waals surface area contributed by atoms with Gasteiger partial charge in [-0.25, -0.2) is 9.78 Å². The first-order valence-corrected chi connectivity index (χ1v) is 8.86. The van der Waals surface area contributed by atoms with Crippen LogP contribution < -0.4 is 5.32 Å². The summed E-state index contributed by atoms with van der Waals surface area (Å²) in [5, 5.41) is 2.97. The van der Waals surface area contributed by atoms with Crippen molar-refractivity contribution < 1.29 is 14.3 Å². The van der Waals surface area contributed by atoms with Gasteiger partial charge in [0.2, 0.25) is 0 Å². The summed E-state index contributed by atoms with van der Waals surface area (Å²) in [5.74, 6) is -1.02. The highest BCUT2D eigenvalue weighted by atomic mass is 35.5. The van der Waals surface area contributed by atoms with E-state index in [0.717, 1.165) is 17.5 Å². The molecule has 0 saturated carbocycles. The molecule has 6 heteroatoms. The molecule has 2 aromatic rings. The third-order valence-electron chi connectivity index (χ3n) is 4.06. The van der Waals surface area contributed by atoms with Crippen LogP contribution in [0.15, 0.2) is 30.3 Å². The van der Waals surface area contributed by atoms with Crippen LogP contribution in [0.25, 0.3) is 0 Å². The van der Waals surface area contributed by atoms with Gasteiger partial charge in [-0.3, -0.25) is 4.79 Å². The Balaban J connectivity index is 1.97. The molecule has 2 rings (SSSR count). The molecular weight excluding hydrogens is 352 g/mol. The van der Waals surface area contributed by atoms with E-state index in [-0.39, 0.29) is 29.3 Å². The largest absolute Gasteiger partial charge is 0.452 e. The Morgan fingerprint density at radius 3 is 2.42 bits per heavy atom. The fourth-order valence-electron chi connectivity index (χ4n) is 2.70. The first-order chi connectivity index (χ1) is 12.3. The highest BCUT2D eigenvalue weighted by Crippen LogP contribution is 2.20. The van der Waals surface area contributed by atoms with Crippen molar-refractivity contribution in [3.8, 4) is 0 Å². The summed E-state index contributed by atoms with van der Waals surface area (Å²) in [6.45, 7) is 7.16. The Bertz CT molecular complexity index is 780. The number of nitrogens with one attached hydrogen (secondary N) is 1. The lowest BCUT2D eigenvalue weighted by Crippen LogP contribution is -2.32. The van der Waals surface area contributed by atoms with Crippen molar-refractivity contribution in [3.63, 3.8) is 0 Å². The van der Waals surface area contributed by atoms with Crippen LogP contribution in [0.2, 0.25) is 5.15 Å². The molecule has 0 aliphatic carbocycles. The predicted octanol–water partition coefficient (Wildman–Crippen LogP) is 4.08. The fraction of sp³-hybridized carbons (Fsp3) is 0.350. The maximum Gasteiger partial charge on any atom is 0.342 e. The summed E-state index contributed by atoms with van der Waals surface area (Å²) < 4.78 is 5.12. The minimum absolute atomic E-state index is 0.0824. The number of aromatic nitrogens is 1. The van der Waals surface area contributed by atoms with Crippen molar-refractivity contribution in [2.24, 2.45) is 0 Å².